The van der Waals surface area contributed by atoms with E-state index in [1.54, 1.807) is 13.0 Å². The molecule has 0 aromatic heterocycles. The van der Waals surface area contributed by atoms with Gasteiger partial charge in [0.25, 0.3) is 0 Å². The molecule has 0 aliphatic heterocycles. The van der Waals surface area contributed by atoms with E-state index >= 15 is 0 Å². The molecule has 0 heterocycles. The molecule has 0 saturated heterocycles. The van der Waals surface area contributed by atoms with Gasteiger partial charge in [0.1, 0.15) is 0 Å². The highest BCUT2D eigenvalue weighted by Crippen LogP contribution is 2.30. The summed E-state index contributed by atoms with van der Waals surface area (Å²) < 4.78 is 27.9. The lowest BCUT2D eigenvalue weighted by atomic mass is 10.2. The lowest BCUT2D eigenvalue weighted by Gasteiger charge is -2.18. The first-order chi connectivity index (χ1) is 9.13. The maximum atomic E-state index is 12.0. The van der Waals surface area contributed by atoms with Crippen LogP contribution in [0.1, 0.15) is 12.0 Å². The number of halogens is 2. The average Bonchev–Trinajstić information content (AvgIpc) is 2.32. The highest BCUT2D eigenvalue weighted by atomic mass is 79.9. The molecule has 0 saturated carbocycles. The standard InChI is InChI=1S/C11H14BrClN2O4S/c1-7-5-8(12)10(6-9(7)13)14-20(18,19)15(2)4-3-11(16)17/h5-6,14H,3-4H2,1-2H3,(H,16,17). The van der Waals surface area contributed by atoms with E-state index in [1.807, 2.05) is 0 Å². The summed E-state index contributed by atoms with van der Waals surface area (Å²) in [7, 11) is -2.53. The molecule has 0 aliphatic rings. The molecule has 0 radical (unpaired) electrons. The van der Waals surface area contributed by atoms with Crippen molar-refractivity contribution in [3.8, 4) is 0 Å². The number of carboxylic acid groups (broad SMARTS) is 1. The Morgan fingerprint density at radius 3 is 2.65 bits per heavy atom. The van der Waals surface area contributed by atoms with E-state index < -0.39 is 16.2 Å². The van der Waals surface area contributed by atoms with Crippen molar-refractivity contribution in [1.82, 2.24) is 4.31 Å². The fourth-order valence-corrected chi connectivity index (χ4v) is 3.10. The van der Waals surface area contributed by atoms with Gasteiger partial charge in [0.15, 0.2) is 0 Å². The van der Waals surface area contributed by atoms with Gasteiger partial charge in [0.05, 0.1) is 12.1 Å². The van der Waals surface area contributed by atoms with Crippen molar-refractivity contribution in [2.24, 2.45) is 0 Å². The van der Waals surface area contributed by atoms with Crippen LogP contribution < -0.4 is 4.72 Å². The zero-order valence-corrected chi connectivity index (χ0v) is 14.0. The molecule has 20 heavy (non-hydrogen) atoms. The first kappa shape index (κ1) is 17.2. The third-order valence-corrected chi connectivity index (χ3v) is 5.08. The Hall–Kier alpha value is -0.830. The number of hydrogen-bond acceptors (Lipinski definition) is 3. The number of aryl methyl sites for hydroxylation is 1. The third kappa shape index (κ3) is 4.62. The van der Waals surface area contributed by atoms with Gasteiger partial charge < -0.3 is 5.11 Å². The lowest BCUT2D eigenvalue weighted by molar-refractivity contribution is -0.137. The Morgan fingerprint density at radius 1 is 1.50 bits per heavy atom. The van der Waals surface area contributed by atoms with Gasteiger partial charge >= 0.3 is 16.2 Å². The number of rotatable bonds is 6. The molecule has 0 spiro atoms. The van der Waals surface area contributed by atoms with Gasteiger partial charge in [-0.15, -0.1) is 0 Å². The summed E-state index contributed by atoms with van der Waals surface area (Å²) in [6.45, 7) is 1.67. The largest absolute Gasteiger partial charge is 0.481 e. The van der Waals surface area contributed by atoms with Crippen LogP contribution in [0.25, 0.3) is 0 Å². The molecule has 1 rings (SSSR count). The van der Waals surface area contributed by atoms with Gasteiger partial charge in [-0.1, -0.05) is 11.6 Å². The molecule has 0 unspecified atom stereocenters. The van der Waals surface area contributed by atoms with E-state index in [2.05, 4.69) is 20.7 Å². The number of nitrogens with zero attached hydrogens (tertiary/aromatic N) is 1. The van der Waals surface area contributed by atoms with Gasteiger partial charge in [-0.25, -0.2) is 0 Å². The SMILES string of the molecule is Cc1cc(Br)c(NS(=O)(=O)N(C)CCC(=O)O)cc1Cl. The molecule has 0 bridgehead atoms. The van der Waals surface area contributed by atoms with Crippen LogP contribution in [0.2, 0.25) is 5.02 Å². The van der Waals surface area contributed by atoms with Crippen LogP contribution >= 0.6 is 27.5 Å². The monoisotopic (exact) mass is 384 g/mol. The van der Waals surface area contributed by atoms with E-state index in [0.717, 1.165) is 9.87 Å². The second-order valence-electron chi connectivity index (χ2n) is 4.15. The topological polar surface area (TPSA) is 86.7 Å². The Labute approximate surface area is 131 Å². The number of benzene rings is 1. The van der Waals surface area contributed by atoms with Crippen LogP contribution in [-0.2, 0) is 15.0 Å². The molecular weight excluding hydrogens is 372 g/mol. The first-order valence-corrected chi connectivity index (χ1v) is 8.16. The fraction of sp³-hybridized carbons (Fsp3) is 0.364. The highest BCUT2D eigenvalue weighted by Gasteiger charge is 2.19. The molecule has 112 valence electrons. The summed E-state index contributed by atoms with van der Waals surface area (Å²) in [6.07, 6.45) is -0.271. The number of carbonyl (C=O) groups is 1. The molecule has 1 aromatic carbocycles. The van der Waals surface area contributed by atoms with E-state index in [0.29, 0.717) is 15.2 Å². The maximum Gasteiger partial charge on any atom is 0.304 e. The molecule has 0 fully saturated rings. The van der Waals surface area contributed by atoms with E-state index in [1.165, 1.54) is 13.1 Å². The summed E-state index contributed by atoms with van der Waals surface area (Å²) in [5, 5.41) is 8.99. The number of aliphatic carboxylic acids is 1. The maximum absolute atomic E-state index is 12.0. The fourth-order valence-electron chi connectivity index (χ4n) is 1.31. The van der Waals surface area contributed by atoms with E-state index in [-0.39, 0.29) is 13.0 Å². The van der Waals surface area contributed by atoms with Crippen LogP contribution in [0.5, 0.6) is 0 Å². The summed E-state index contributed by atoms with van der Waals surface area (Å²) >= 11 is 9.20. The van der Waals surface area contributed by atoms with Gasteiger partial charge in [-0.3, -0.25) is 9.52 Å². The average molecular weight is 386 g/mol. The second-order valence-corrected chi connectivity index (χ2v) is 7.19. The minimum Gasteiger partial charge on any atom is -0.481 e. The summed E-state index contributed by atoms with van der Waals surface area (Å²) in [4.78, 5) is 10.5. The quantitative estimate of drug-likeness (QED) is 0.787. The number of carboxylic acids is 1. The highest BCUT2D eigenvalue weighted by molar-refractivity contribution is 9.10. The number of hydrogen-bond donors (Lipinski definition) is 2. The summed E-state index contributed by atoms with van der Waals surface area (Å²) in [5.74, 6) is -1.06. The minimum absolute atomic E-state index is 0.123. The van der Waals surface area contributed by atoms with E-state index in [9.17, 15) is 13.2 Å². The van der Waals surface area contributed by atoms with Crippen LogP contribution in [-0.4, -0.2) is 37.4 Å². The first-order valence-electron chi connectivity index (χ1n) is 5.55. The molecule has 0 atom stereocenters. The van der Waals surface area contributed by atoms with Gasteiger partial charge in [0, 0.05) is 23.1 Å². The molecule has 6 nitrogen and oxygen atoms in total. The second kappa shape index (κ2) is 6.75. The van der Waals surface area contributed by atoms with Crippen molar-refractivity contribution in [2.75, 3.05) is 18.3 Å². The summed E-state index contributed by atoms with van der Waals surface area (Å²) in [6, 6.07) is 3.18. The van der Waals surface area contributed by atoms with Crippen LogP contribution in [0.4, 0.5) is 5.69 Å². The van der Waals surface area contributed by atoms with Crippen LogP contribution in [0.3, 0.4) is 0 Å². The molecule has 2 N–H and O–H groups in total. The summed E-state index contributed by atoms with van der Waals surface area (Å²) in [5.41, 5.74) is 1.10. The molecule has 0 aliphatic carbocycles. The zero-order valence-electron chi connectivity index (χ0n) is 10.9. The lowest BCUT2D eigenvalue weighted by Crippen LogP contribution is -2.34. The molecule has 0 amide bonds. The predicted molar refractivity (Wildman–Crippen MR) is 81.3 cm³/mol. The molecule has 1 aromatic rings. The van der Waals surface area contributed by atoms with Crippen molar-refractivity contribution in [3.05, 3.63) is 27.2 Å². The Kier molecular flexibility index (Phi) is 5.81. The normalized spacial score (nSPS) is 11.7. The predicted octanol–water partition coefficient (Wildman–Crippen LogP) is 2.47. The van der Waals surface area contributed by atoms with E-state index in [4.69, 9.17) is 16.7 Å². The Balaban J connectivity index is 2.91. The van der Waals surface area contributed by atoms with Gasteiger partial charge in [0.2, 0.25) is 0 Å². The van der Waals surface area contributed by atoms with Crippen molar-refractivity contribution >= 4 is 49.4 Å². The van der Waals surface area contributed by atoms with Crippen molar-refractivity contribution in [2.45, 2.75) is 13.3 Å². The number of nitrogens with one attached hydrogen (secondary N) is 1. The Morgan fingerprint density at radius 2 is 2.10 bits per heavy atom. The van der Waals surface area contributed by atoms with Crippen molar-refractivity contribution < 1.29 is 18.3 Å². The minimum atomic E-state index is -3.83. The van der Waals surface area contributed by atoms with Crippen molar-refractivity contribution in [3.63, 3.8) is 0 Å². The number of anilines is 1. The van der Waals surface area contributed by atoms with Crippen LogP contribution in [0, 0.1) is 6.92 Å². The third-order valence-electron chi connectivity index (χ3n) is 2.54. The zero-order chi connectivity index (χ0) is 15.5. The van der Waals surface area contributed by atoms with Gasteiger partial charge in [-0.05, 0) is 40.5 Å². The molecule has 9 heteroatoms. The van der Waals surface area contributed by atoms with Crippen molar-refractivity contribution in [1.29, 1.82) is 0 Å². The molecular formula is C11H14BrClN2O4S. The smallest absolute Gasteiger partial charge is 0.304 e. The van der Waals surface area contributed by atoms with Crippen LogP contribution in [0.15, 0.2) is 16.6 Å². The Bertz CT molecular complexity index is 621. The van der Waals surface area contributed by atoms with Gasteiger partial charge in [-0.2, -0.15) is 12.7 Å².